The minimum absolute atomic E-state index is 0.734. The van der Waals surface area contributed by atoms with Crippen molar-refractivity contribution in [1.29, 1.82) is 0 Å². The number of nitrogen functional groups attached to an aromatic ring is 1. The molecule has 8 rings (SSSR count). The summed E-state index contributed by atoms with van der Waals surface area (Å²) in [6.07, 6.45) is 0. The summed E-state index contributed by atoms with van der Waals surface area (Å²) in [6, 6.07) is 36.1. The zero-order valence-electron chi connectivity index (χ0n) is 17.5. The van der Waals surface area contributed by atoms with E-state index in [2.05, 4.69) is 83.4 Å². The summed E-state index contributed by atoms with van der Waals surface area (Å²) in [5.74, 6) is 0. The van der Waals surface area contributed by atoms with Gasteiger partial charge in [-0.15, -0.1) is 0 Å². The lowest BCUT2D eigenvalue weighted by Crippen LogP contribution is -1.95. The first kappa shape index (κ1) is 16.9. The van der Waals surface area contributed by atoms with Crippen molar-refractivity contribution in [3.05, 3.63) is 97.1 Å². The van der Waals surface area contributed by atoms with Crippen LogP contribution in [0, 0.1) is 12.1 Å². The second-order valence-corrected chi connectivity index (χ2v) is 8.67. The molecule has 33 heavy (non-hydrogen) atoms. The molecule has 2 N–H and O–H groups in total. The lowest BCUT2D eigenvalue weighted by Gasteiger charge is -2.12. The van der Waals surface area contributed by atoms with Gasteiger partial charge in [0.05, 0.1) is 22.1 Å². The molecule has 1 aliphatic rings. The molecule has 3 heterocycles. The second-order valence-electron chi connectivity index (χ2n) is 8.67. The van der Waals surface area contributed by atoms with Gasteiger partial charge in [0.25, 0.3) is 0 Å². The van der Waals surface area contributed by atoms with E-state index in [-0.39, 0.29) is 0 Å². The van der Waals surface area contributed by atoms with E-state index in [0.717, 1.165) is 55.3 Å². The van der Waals surface area contributed by atoms with E-state index < -0.39 is 0 Å². The van der Waals surface area contributed by atoms with Crippen LogP contribution in [0.2, 0.25) is 0 Å². The smallest absolute Gasteiger partial charge is 0.136 e. The van der Waals surface area contributed by atoms with Crippen molar-refractivity contribution in [2.45, 2.75) is 0 Å². The number of anilines is 1. The molecule has 0 saturated carbocycles. The average Bonchev–Trinajstić information content (AvgIpc) is 3.34. The van der Waals surface area contributed by atoms with Crippen LogP contribution in [0.5, 0.6) is 0 Å². The molecule has 0 spiro atoms. The highest BCUT2D eigenvalue weighted by molar-refractivity contribution is 6.17. The van der Waals surface area contributed by atoms with Gasteiger partial charge in [-0.05, 0) is 59.7 Å². The summed E-state index contributed by atoms with van der Waals surface area (Å²) in [5, 5.41) is 4.38. The van der Waals surface area contributed by atoms with Crippen LogP contribution in [0.1, 0.15) is 0 Å². The zero-order chi connectivity index (χ0) is 21.7. The van der Waals surface area contributed by atoms with E-state index >= 15 is 0 Å². The summed E-state index contributed by atoms with van der Waals surface area (Å²) in [6.45, 7) is 0. The standard InChI is InChI=1S/C30H16N2O/c31-17-12-13-28-24(14-17)25-15-22-19-7-2-4-11-27(19)32-26-10-3-1-6-18(26)20-8-5-9-21(30(20)32)23(22)16-29(25)33-28/h1-4,6-7,9-16H,31H2. The molecule has 1 aliphatic heterocycles. The fraction of sp³-hybridized carbons (Fsp3) is 0. The predicted molar refractivity (Wildman–Crippen MR) is 135 cm³/mol. The van der Waals surface area contributed by atoms with Crippen LogP contribution >= 0.6 is 0 Å². The van der Waals surface area contributed by atoms with Crippen molar-refractivity contribution in [3.63, 3.8) is 0 Å². The number of nitrogens with zero attached hydrogens (tertiary/aromatic N) is 1. The van der Waals surface area contributed by atoms with Gasteiger partial charge in [-0.2, -0.15) is 0 Å². The van der Waals surface area contributed by atoms with Crippen molar-refractivity contribution in [1.82, 2.24) is 4.57 Å². The van der Waals surface area contributed by atoms with Crippen molar-refractivity contribution in [3.8, 4) is 27.9 Å². The Kier molecular flexibility index (Phi) is 2.96. The van der Waals surface area contributed by atoms with Crippen molar-refractivity contribution < 1.29 is 4.42 Å². The number of hydrogen-bond acceptors (Lipinski definition) is 2. The molecule has 0 aliphatic carbocycles. The van der Waals surface area contributed by atoms with Gasteiger partial charge in [-0.1, -0.05) is 48.5 Å². The van der Waals surface area contributed by atoms with Gasteiger partial charge in [0.1, 0.15) is 11.2 Å². The van der Waals surface area contributed by atoms with Crippen LogP contribution < -0.4 is 5.73 Å². The van der Waals surface area contributed by atoms with Crippen LogP contribution in [0.25, 0.3) is 71.7 Å². The Balaban J connectivity index is 1.63. The number of rotatable bonds is 0. The first-order chi connectivity index (χ1) is 16.3. The van der Waals surface area contributed by atoms with E-state index in [1.54, 1.807) is 0 Å². The van der Waals surface area contributed by atoms with Crippen LogP contribution in [-0.4, -0.2) is 4.57 Å². The van der Waals surface area contributed by atoms with Crippen molar-refractivity contribution in [2.75, 3.05) is 5.73 Å². The number of nitrogens with two attached hydrogens (primary N) is 1. The lowest BCUT2D eigenvalue weighted by atomic mass is 9.92. The van der Waals surface area contributed by atoms with Crippen molar-refractivity contribution >= 4 is 49.4 Å². The minimum atomic E-state index is 0.734. The summed E-state index contributed by atoms with van der Waals surface area (Å²) in [7, 11) is 0. The van der Waals surface area contributed by atoms with Crippen molar-refractivity contribution in [2.24, 2.45) is 0 Å². The normalized spacial score (nSPS) is 12.1. The topological polar surface area (TPSA) is 44.1 Å². The number of aromatic nitrogens is 1. The number of benzene rings is 4. The Bertz CT molecular complexity index is 1940. The van der Waals surface area contributed by atoms with Gasteiger partial charge < -0.3 is 14.7 Å². The number of hydrogen-bond donors (Lipinski definition) is 1. The SMILES string of the molecule is Nc1ccc2oc3cc4c(cc3c2c1)-c1ccccc1-n1c2ccccc2c2c#ccc-4c21. The lowest BCUT2D eigenvalue weighted by molar-refractivity contribution is 0.669. The Morgan fingerprint density at radius 1 is 0.697 bits per heavy atom. The molecule has 0 bridgehead atoms. The molecular weight excluding hydrogens is 404 g/mol. The van der Waals surface area contributed by atoms with E-state index in [1.165, 1.54) is 22.0 Å². The predicted octanol–water partition coefficient (Wildman–Crippen LogP) is 7.51. The molecule has 0 saturated heterocycles. The third-order valence-corrected chi connectivity index (χ3v) is 6.90. The Morgan fingerprint density at radius 3 is 2.48 bits per heavy atom. The molecule has 0 unspecified atom stereocenters. The minimum Gasteiger partial charge on any atom is -0.456 e. The van der Waals surface area contributed by atoms with E-state index in [0.29, 0.717) is 0 Å². The van der Waals surface area contributed by atoms with Crippen LogP contribution in [0.3, 0.4) is 0 Å². The molecule has 7 aromatic rings. The molecule has 3 nitrogen and oxygen atoms in total. The monoisotopic (exact) mass is 420 g/mol. The van der Waals surface area contributed by atoms with Crippen LogP contribution in [0.4, 0.5) is 5.69 Å². The quantitative estimate of drug-likeness (QED) is 0.258. The highest BCUT2D eigenvalue weighted by atomic mass is 16.3. The third-order valence-electron chi connectivity index (χ3n) is 6.90. The summed E-state index contributed by atoms with van der Waals surface area (Å²) >= 11 is 0. The summed E-state index contributed by atoms with van der Waals surface area (Å²) in [5.41, 5.74) is 16.7. The van der Waals surface area contributed by atoms with E-state index in [9.17, 15) is 0 Å². The van der Waals surface area contributed by atoms with Gasteiger partial charge in [-0.3, -0.25) is 0 Å². The highest BCUT2D eigenvalue weighted by Gasteiger charge is 2.25. The van der Waals surface area contributed by atoms with Gasteiger partial charge in [-0.25, -0.2) is 0 Å². The third kappa shape index (κ3) is 2.06. The Labute approximate surface area is 189 Å². The maximum atomic E-state index is 6.26. The number of fused-ring (bicyclic) bond motifs is 11. The van der Waals surface area contributed by atoms with Gasteiger partial charge in [0, 0.05) is 33.0 Å². The van der Waals surface area contributed by atoms with E-state index in [4.69, 9.17) is 10.2 Å². The van der Waals surface area contributed by atoms with Gasteiger partial charge >= 0.3 is 0 Å². The first-order valence-electron chi connectivity index (χ1n) is 11.0. The maximum absolute atomic E-state index is 6.26. The van der Waals surface area contributed by atoms with Crippen LogP contribution in [-0.2, 0) is 0 Å². The van der Waals surface area contributed by atoms with Gasteiger partial charge in [0.15, 0.2) is 0 Å². The maximum Gasteiger partial charge on any atom is 0.136 e. The summed E-state index contributed by atoms with van der Waals surface area (Å²) < 4.78 is 8.64. The fourth-order valence-electron chi connectivity index (χ4n) is 5.51. The molecule has 0 amide bonds. The molecule has 0 radical (unpaired) electrons. The van der Waals surface area contributed by atoms with E-state index in [1.807, 2.05) is 18.2 Å². The van der Waals surface area contributed by atoms with Crippen LogP contribution in [0.15, 0.2) is 89.3 Å². The summed E-state index contributed by atoms with van der Waals surface area (Å²) in [4.78, 5) is 0. The molecule has 0 fully saturated rings. The molecule has 5 aromatic carbocycles. The number of para-hydroxylation sites is 2. The number of furan rings is 1. The Hall–Kier alpha value is -4.68. The second kappa shape index (κ2) is 5.76. The largest absolute Gasteiger partial charge is 0.456 e. The average molecular weight is 420 g/mol. The Morgan fingerprint density at radius 2 is 1.52 bits per heavy atom. The molecular formula is C30H16N2O. The molecule has 0 atom stereocenters. The molecule has 3 heteroatoms. The highest BCUT2D eigenvalue weighted by Crippen LogP contribution is 2.48. The first-order valence-corrected chi connectivity index (χ1v) is 11.0. The van der Waals surface area contributed by atoms with Gasteiger partial charge in [0.2, 0.25) is 0 Å². The fourth-order valence-corrected chi connectivity index (χ4v) is 5.51. The zero-order valence-corrected chi connectivity index (χ0v) is 17.5. The molecule has 2 aromatic heterocycles. The molecule has 152 valence electrons.